The van der Waals surface area contributed by atoms with Crippen molar-refractivity contribution in [3.63, 3.8) is 0 Å². The molecule has 0 aliphatic carbocycles. The molecule has 4 heterocycles. The molecule has 0 spiro atoms. The fourth-order valence-electron chi connectivity index (χ4n) is 3.33. The Morgan fingerprint density at radius 1 is 1.39 bits per heavy atom. The lowest BCUT2D eigenvalue weighted by Gasteiger charge is -2.19. The zero-order valence-electron chi connectivity index (χ0n) is 13.0. The molecule has 23 heavy (non-hydrogen) atoms. The van der Waals surface area contributed by atoms with E-state index in [1.807, 2.05) is 23.2 Å². The minimum atomic E-state index is 0.253. The van der Waals surface area contributed by atoms with Gasteiger partial charge in [-0.05, 0) is 30.9 Å². The zero-order chi connectivity index (χ0) is 15.6. The van der Waals surface area contributed by atoms with E-state index < -0.39 is 0 Å². The number of imidazole rings is 1. The van der Waals surface area contributed by atoms with Crippen LogP contribution in [0.4, 0.5) is 5.82 Å². The van der Waals surface area contributed by atoms with Crippen LogP contribution in [0.15, 0.2) is 24.5 Å². The van der Waals surface area contributed by atoms with Crippen LogP contribution in [0.1, 0.15) is 19.3 Å². The third-order valence-electron chi connectivity index (χ3n) is 4.64. The van der Waals surface area contributed by atoms with Crippen molar-refractivity contribution in [3.05, 3.63) is 24.5 Å². The number of carbonyl (C=O) groups is 1. The number of fused-ring (bicyclic) bond motifs is 1. The van der Waals surface area contributed by atoms with E-state index in [-0.39, 0.29) is 11.9 Å². The van der Waals surface area contributed by atoms with Gasteiger partial charge < -0.3 is 15.0 Å². The molecule has 1 N–H and O–H groups in total. The van der Waals surface area contributed by atoms with Crippen molar-refractivity contribution >= 4 is 17.4 Å². The molecule has 7 heteroatoms. The van der Waals surface area contributed by atoms with Gasteiger partial charge in [-0.15, -0.1) is 5.10 Å². The number of nitrogens with one attached hydrogen (secondary N) is 1. The summed E-state index contributed by atoms with van der Waals surface area (Å²) in [6, 6.07) is 4.13. The van der Waals surface area contributed by atoms with Crippen LogP contribution in [0.2, 0.25) is 0 Å². The molecule has 0 saturated carbocycles. The third kappa shape index (κ3) is 3.14. The van der Waals surface area contributed by atoms with Crippen LogP contribution in [-0.2, 0) is 9.53 Å². The molecule has 7 nitrogen and oxygen atoms in total. The van der Waals surface area contributed by atoms with Crippen molar-refractivity contribution in [1.82, 2.24) is 19.5 Å². The minimum Gasteiger partial charge on any atom is -0.381 e. The highest BCUT2D eigenvalue weighted by molar-refractivity contribution is 5.77. The molecule has 2 aromatic rings. The number of rotatable bonds is 4. The van der Waals surface area contributed by atoms with Gasteiger partial charge in [0.2, 0.25) is 5.91 Å². The average molecular weight is 315 g/mol. The summed E-state index contributed by atoms with van der Waals surface area (Å²) in [6.45, 7) is 3.09. The van der Waals surface area contributed by atoms with E-state index in [1.165, 1.54) is 0 Å². The fourth-order valence-corrected chi connectivity index (χ4v) is 3.33. The first-order chi connectivity index (χ1) is 11.3. The zero-order valence-corrected chi connectivity index (χ0v) is 13.0. The SMILES string of the molecule is O=C(CC1CCOC1)N1CCC(Nc2ccc3nccn3n2)C1. The first-order valence-electron chi connectivity index (χ1n) is 8.20. The Morgan fingerprint density at radius 3 is 3.22 bits per heavy atom. The number of likely N-dealkylation sites (tertiary alicyclic amines) is 1. The van der Waals surface area contributed by atoms with Gasteiger partial charge in [0, 0.05) is 51.2 Å². The molecular formula is C16H21N5O2. The number of aromatic nitrogens is 3. The second-order valence-corrected chi connectivity index (χ2v) is 6.35. The van der Waals surface area contributed by atoms with E-state index in [0.717, 1.165) is 50.6 Å². The van der Waals surface area contributed by atoms with Gasteiger partial charge in [0.1, 0.15) is 5.82 Å². The second-order valence-electron chi connectivity index (χ2n) is 6.35. The van der Waals surface area contributed by atoms with Gasteiger partial charge in [0.05, 0.1) is 0 Å². The highest BCUT2D eigenvalue weighted by atomic mass is 16.5. The Hall–Kier alpha value is -2.15. The van der Waals surface area contributed by atoms with Crippen LogP contribution < -0.4 is 5.32 Å². The van der Waals surface area contributed by atoms with Crippen molar-refractivity contribution in [1.29, 1.82) is 0 Å². The summed E-state index contributed by atoms with van der Waals surface area (Å²) in [5, 5.41) is 7.90. The molecule has 2 saturated heterocycles. The van der Waals surface area contributed by atoms with Crippen molar-refractivity contribution in [2.45, 2.75) is 25.3 Å². The first kappa shape index (κ1) is 14.4. The van der Waals surface area contributed by atoms with Crippen LogP contribution in [0.5, 0.6) is 0 Å². The molecule has 0 radical (unpaired) electrons. The average Bonchev–Trinajstić information content (AvgIpc) is 3.27. The van der Waals surface area contributed by atoms with Crippen LogP contribution in [-0.4, -0.2) is 57.8 Å². The first-order valence-corrected chi connectivity index (χ1v) is 8.20. The molecule has 0 aromatic carbocycles. The van der Waals surface area contributed by atoms with Gasteiger partial charge in [-0.2, -0.15) is 0 Å². The smallest absolute Gasteiger partial charge is 0.223 e. The summed E-state index contributed by atoms with van der Waals surface area (Å²) in [6.07, 6.45) is 6.14. The van der Waals surface area contributed by atoms with Gasteiger partial charge in [0.15, 0.2) is 5.65 Å². The van der Waals surface area contributed by atoms with Gasteiger partial charge in [-0.3, -0.25) is 4.79 Å². The lowest BCUT2D eigenvalue weighted by Crippen LogP contribution is -2.33. The monoisotopic (exact) mass is 315 g/mol. The Morgan fingerprint density at radius 2 is 2.35 bits per heavy atom. The van der Waals surface area contributed by atoms with E-state index in [2.05, 4.69) is 15.4 Å². The molecule has 1 amide bonds. The van der Waals surface area contributed by atoms with Gasteiger partial charge >= 0.3 is 0 Å². The van der Waals surface area contributed by atoms with E-state index >= 15 is 0 Å². The molecule has 2 atom stereocenters. The maximum atomic E-state index is 12.4. The number of carbonyl (C=O) groups excluding carboxylic acids is 1. The lowest BCUT2D eigenvalue weighted by atomic mass is 10.0. The van der Waals surface area contributed by atoms with Gasteiger partial charge in [0.25, 0.3) is 0 Å². The highest BCUT2D eigenvalue weighted by Gasteiger charge is 2.29. The quantitative estimate of drug-likeness (QED) is 0.917. The molecular weight excluding hydrogens is 294 g/mol. The summed E-state index contributed by atoms with van der Waals surface area (Å²) in [5.41, 5.74) is 0.831. The number of nitrogens with zero attached hydrogens (tertiary/aromatic N) is 4. The van der Waals surface area contributed by atoms with E-state index in [9.17, 15) is 4.79 Å². The number of hydrogen-bond acceptors (Lipinski definition) is 5. The predicted octanol–water partition coefficient (Wildman–Crippen LogP) is 1.17. The molecule has 0 bridgehead atoms. The summed E-state index contributed by atoms with van der Waals surface area (Å²) < 4.78 is 7.10. The van der Waals surface area contributed by atoms with E-state index in [1.54, 1.807) is 10.7 Å². The Bertz CT molecular complexity index is 695. The van der Waals surface area contributed by atoms with Gasteiger partial charge in [-0.25, -0.2) is 9.50 Å². The summed E-state index contributed by atoms with van der Waals surface area (Å²) >= 11 is 0. The van der Waals surface area contributed by atoms with Crippen molar-refractivity contribution in [3.8, 4) is 0 Å². The van der Waals surface area contributed by atoms with E-state index in [0.29, 0.717) is 12.3 Å². The predicted molar refractivity (Wildman–Crippen MR) is 85.1 cm³/mol. The number of hydrogen-bond donors (Lipinski definition) is 1. The maximum absolute atomic E-state index is 12.4. The standard InChI is InChI=1S/C16H21N5O2/c22-16(9-12-4-8-23-11-12)20-6-3-13(10-20)18-14-1-2-15-17-5-7-21(15)19-14/h1-2,5,7,12-13H,3-4,6,8-11H2,(H,18,19). The fraction of sp³-hybridized carbons (Fsp3) is 0.562. The third-order valence-corrected chi connectivity index (χ3v) is 4.64. The van der Waals surface area contributed by atoms with Crippen molar-refractivity contribution in [2.24, 2.45) is 5.92 Å². The topological polar surface area (TPSA) is 71.8 Å². The van der Waals surface area contributed by atoms with Crippen molar-refractivity contribution < 1.29 is 9.53 Å². The van der Waals surface area contributed by atoms with Crippen LogP contribution in [0.25, 0.3) is 5.65 Å². The number of anilines is 1. The molecule has 2 aromatic heterocycles. The molecule has 2 aliphatic heterocycles. The normalized spacial score (nSPS) is 24.4. The Kier molecular flexibility index (Phi) is 3.87. The lowest BCUT2D eigenvalue weighted by molar-refractivity contribution is -0.131. The minimum absolute atomic E-state index is 0.253. The second kappa shape index (κ2) is 6.16. The van der Waals surface area contributed by atoms with Crippen LogP contribution in [0.3, 0.4) is 0 Å². The number of amides is 1. The largest absolute Gasteiger partial charge is 0.381 e. The highest BCUT2D eigenvalue weighted by Crippen LogP contribution is 2.20. The Labute approximate surface area is 134 Å². The molecule has 122 valence electrons. The molecule has 2 aliphatic rings. The van der Waals surface area contributed by atoms with Crippen molar-refractivity contribution in [2.75, 3.05) is 31.6 Å². The molecule has 2 unspecified atom stereocenters. The van der Waals surface area contributed by atoms with Crippen LogP contribution >= 0.6 is 0 Å². The Balaban J connectivity index is 1.33. The summed E-state index contributed by atoms with van der Waals surface area (Å²) in [7, 11) is 0. The van der Waals surface area contributed by atoms with E-state index in [4.69, 9.17) is 4.74 Å². The van der Waals surface area contributed by atoms with Crippen LogP contribution in [0, 0.1) is 5.92 Å². The summed E-state index contributed by atoms with van der Waals surface area (Å²) in [4.78, 5) is 18.5. The molecule has 2 fully saturated rings. The van der Waals surface area contributed by atoms with Gasteiger partial charge in [-0.1, -0.05) is 0 Å². The maximum Gasteiger partial charge on any atom is 0.223 e. The number of ether oxygens (including phenoxy) is 1. The summed E-state index contributed by atoms with van der Waals surface area (Å²) in [5.74, 6) is 1.47. The molecule has 4 rings (SSSR count).